The maximum Gasteiger partial charge on any atom is 0.143 e. The van der Waals surface area contributed by atoms with Gasteiger partial charge in [0.25, 0.3) is 0 Å². The molecule has 0 radical (unpaired) electrons. The van der Waals surface area contributed by atoms with Crippen molar-refractivity contribution in [1.82, 2.24) is 9.47 Å². The van der Waals surface area contributed by atoms with E-state index >= 15 is 0 Å². The minimum absolute atomic E-state index is 0.0951. The number of anilines is 2. The highest BCUT2D eigenvalue weighted by atomic mass is 32.2. The molecule has 2 heterocycles. The Morgan fingerprint density at radius 1 is 1.10 bits per heavy atom. The van der Waals surface area contributed by atoms with Crippen molar-refractivity contribution in [2.45, 2.75) is 69.5 Å². The highest BCUT2D eigenvalue weighted by Gasteiger charge is 2.34. The van der Waals surface area contributed by atoms with E-state index in [1.807, 2.05) is 0 Å². The largest absolute Gasteiger partial charge is 0.495 e. The summed E-state index contributed by atoms with van der Waals surface area (Å²) in [6, 6.07) is 15.9. The normalized spacial score (nSPS) is 21.5. The van der Waals surface area contributed by atoms with Gasteiger partial charge >= 0.3 is 0 Å². The number of aromatic nitrogens is 1. The Kier molecular flexibility index (Phi) is 9.75. The molecule has 0 unspecified atom stereocenters. The van der Waals surface area contributed by atoms with Gasteiger partial charge in [-0.15, -0.1) is 11.8 Å². The maximum absolute atomic E-state index is 5.58. The van der Waals surface area contributed by atoms with Crippen LogP contribution in [0.1, 0.15) is 52.1 Å². The van der Waals surface area contributed by atoms with Crippen LogP contribution in [0.5, 0.6) is 5.75 Å². The SMILES string of the molecule is COc1cc(SC)ccc1NCC#Cc1cc2c(NC3(C)CCC(N4CCOCC4)CC3)cccc2n1CC(C)C. The molecule has 1 aliphatic carbocycles. The van der Waals surface area contributed by atoms with Gasteiger partial charge in [-0.2, -0.15) is 0 Å². The van der Waals surface area contributed by atoms with Crippen LogP contribution < -0.4 is 15.4 Å². The number of nitrogens with one attached hydrogen (secondary N) is 2. The van der Waals surface area contributed by atoms with Crippen LogP contribution in [0.4, 0.5) is 11.4 Å². The fraction of sp³-hybridized carbons (Fsp3) is 0.529. The minimum atomic E-state index is 0.0951. The third-order valence-corrected chi connectivity index (χ3v) is 9.27. The van der Waals surface area contributed by atoms with E-state index in [2.05, 4.69) is 101 Å². The molecular weight excluding hydrogens is 528 g/mol. The zero-order chi connectivity index (χ0) is 28.8. The lowest BCUT2D eigenvalue weighted by atomic mass is 9.80. The molecular formula is C34H46N4O2S. The summed E-state index contributed by atoms with van der Waals surface area (Å²) < 4.78 is 13.6. The Labute approximate surface area is 250 Å². The molecule has 0 amide bonds. The van der Waals surface area contributed by atoms with Crippen molar-refractivity contribution >= 4 is 34.0 Å². The highest BCUT2D eigenvalue weighted by Crippen LogP contribution is 2.37. The van der Waals surface area contributed by atoms with E-state index in [1.54, 1.807) is 18.9 Å². The van der Waals surface area contributed by atoms with Gasteiger partial charge in [0.15, 0.2) is 0 Å². The van der Waals surface area contributed by atoms with Crippen LogP contribution in [0.15, 0.2) is 47.4 Å². The van der Waals surface area contributed by atoms with Gasteiger partial charge in [-0.3, -0.25) is 4.90 Å². The average Bonchev–Trinajstić information content (AvgIpc) is 3.33. The van der Waals surface area contributed by atoms with Gasteiger partial charge in [0.1, 0.15) is 5.75 Å². The van der Waals surface area contributed by atoms with Crippen molar-refractivity contribution in [2.75, 3.05) is 56.8 Å². The van der Waals surface area contributed by atoms with Crippen LogP contribution in [0.25, 0.3) is 10.9 Å². The summed E-state index contributed by atoms with van der Waals surface area (Å²) in [5.74, 6) is 8.22. The van der Waals surface area contributed by atoms with E-state index in [-0.39, 0.29) is 5.54 Å². The predicted molar refractivity (Wildman–Crippen MR) is 174 cm³/mol. The minimum Gasteiger partial charge on any atom is -0.495 e. The lowest BCUT2D eigenvalue weighted by molar-refractivity contribution is 0.00491. The molecule has 1 aliphatic heterocycles. The number of hydrogen-bond donors (Lipinski definition) is 2. The lowest BCUT2D eigenvalue weighted by Gasteiger charge is -2.43. The molecule has 3 aromatic rings. The van der Waals surface area contributed by atoms with Crippen LogP contribution in [0.2, 0.25) is 0 Å². The second kappa shape index (κ2) is 13.5. The van der Waals surface area contributed by atoms with Crippen molar-refractivity contribution in [1.29, 1.82) is 0 Å². The molecule has 0 spiro atoms. The molecule has 1 saturated heterocycles. The topological polar surface area (TPSA) is 50.7 Å². The summed E-state index contributed by atoms with van der Waals surface area (Å²) >= 11 is 1.71. The molecule has 7 heteroatoms. The van der Waals surface area contributed by atoms with Gasteiger partial charge in [0, 0.05) is 47.2 Å². The first-order valence-corrected chi connectivity index (χ1v) is 16.3. The number of fused-ring (bicyclic) bond motifs is 1. The van der Waals surface area contributed by atoms with Gasteiger partial charge in [-0.1, -0.05) is 25.8 Å². The maximum atomic E-state index is 5.58. The molecule has 5 rings (SSSR count). The quantitative estimate of drug-likeness (QED) is 0.213. The van der Waals surface area contributed by atoms with Gasteiger partial charge in [0.2, 0.25) is 0 Å². The van der Waals surface area contributed by atoms with Crippen molar-refractivity contribution in [3.8, 4) is 17.6 Å². The average molecular weight is 575 g/mol. The molecule has 2 aromatic carbocycles. The molecule has 2 fully saturated rings. The van der Waals surface area contributed by atoms with Crippen LogP contribution in [-0.2, 0) is 11.3 Å². The Hall–Kier alpha value is -2.79. The van der Waals surface area contributed by atoms with Crippen molar-refractivity contribution in [2.24, 2.45) is 5.92 Å². The Bertz CT molecular complexity index is 1370. The summed E-state index contributed by atoms with van der Waals surface area (Å²) in [5, 5.41) is 8.69. The molecule has 0 bridgehead atoms. The van der Waals surface area contributed by atoms with Gasteiger partial charge in [-0.25, -0.2) is 0 Å². The monoisotopic (exact) mass is 574 g/mol. The molecule has 0 atom stereocenters. The fourth-order valence-corrected chi connectivity index (χ4v) is 6.70. The number of morpholine rings is 1. The number of methoxy groups -OCH3 is 1. The van der Waals surface area contributed by atoms with Crippen LogP contribution >= 0.6 is 11.8 Å². The van der Waals surface area contributed by atoms with E-state index in [4.69, 9.17) is 9.47 Å². The molecule has 2 N–H and O–H groups in total. The van der Waals surface area contributed by atoms with Crippen molar-refractivity contribution < 1.29 is 9.47 Å². The highest BCUT2D eigenvalue weighted by molar-refractivity contribution is 7.98. The second-order valence-electron chi connectivity index (χ2n) is 12.1. The number of nitrogens with zero attached hydrogens (tertiary/aromatic N) is 2. The third-order valence-electron chi connectivity index (χ3n) is 8.54. The number of ether oxygens (including phenoxy) is 2. The zero-order valence-electron chi connectivity index (χ0n) is 25.4. The van der Waals surface area contributed by atoms with E-state index in [0.717, 1.165) is 50.0 Å². The Morgan fingerprint density at radius 2 is 1.88 bits per heavy atom. The van der Waals surface area contributed by atoms with Crippen LogP contribution in [-0.4, -0.2) is 67.3 Å². The Morgan fingerprint density at radius 3 is 2.59 bits per heavy atom. The number of thioether (sulfide) groups is 1. The summed E-state index contributed by atoms with van der Waals surface area (Å²) in [5.41, 5.74) is 4.59. The Balaban J connectivity index is 1.33. The zero-order valence-corrected chi connectivity index (χ0v) is 26.2. The smallest absolute Gasteiger partial charge is 0.143 e. The van der Waals surface area contributed by atoms with Crippen molar-refractivity contribution in [3.63, 3.8) is 0 Å². The summed E-state index contributed by atoms with van der Waals surface area (Å²) in [6.45, 7) is 12.3. The molecule has 2 aliphatic rings. The molecule has 41 heavy (non-hydrogen) atoms. The van der Waals surface area contributed by atoms with Crippen LogP contribution in [0.3, 0.4) is 0 Å². The number of rotatable bonds is 9. The third kappa shape index (κ3) is 7.17. The standard InChI is InChI=1S/C34H46N4O2S/c1-25(2)24-38-27(8-7-17-35-31-12-11-28(41-5)23-33(31)39-4)22-29-30(9-6-10-32(29)38)36-34(3)15-13-26(14-16-34)37-18-20-40-21-19-37/h6,9-12,22-23,25-26,35-36H,13-21,24H2,1-5H3. The first-order valence-electron chi connectivity index (χ1n) is 15.1. The predicted octanol–water partition coefficient (Wildman–Crippen LogP) is 6.94. The number of hydrogen-bond acceptors (Lipinski definition) is 6. The van der Waals surface area contributed by atoms with E-state index in [1.165, 1.54) is 47.2 Å². The summed E-state index contributed by atoms with van der Waals surface area (Å²) in [4.78, 5) is 3.82. The molecule has 220 valence electrons. The molecule has 1 aromatic heterocycles. The van der Waals surface area contributed by atoms with Crippen molar-refractivity contribution in [3.05, 3.63) is 48.2 Å². The van der Waals surface area contributed by atoms with Gasteiger partial charge in [-0.05, 0) is 87.1 Å². The first kappa shape index (κ1) is 29.7. The van der Waals surface area contributed by atoms with E-state index in [9.17, 15) is 0 Å². The summed E-state index contributed by atoms with van der Waals surface area (Å²) in [7, 11) is 1.71. The van der Waals surface area contributed by atoms with E-state index in [0.29, 0.717) is 18.5 Å². The molecule has 6 nitrogen and oxygen atoms in total. The number of benzene rings is 2. The fourth-order valence-electron chi connectivity index (χ4n) is 6.28. The van der Waals surface area contributed by atoms with Gasteiger partial charge in [0.05, 0.1) is 43.8 Å². The lowest BCUT2D eigenvalue weighted by Crippen LogP contribution is -2.49. The van der Waals surface area contributed by atoms with Gasteiger partial charge < -0.3 is 24.7 Å². The second-order valence-corrected chi connectivity index (χ2v) is 12.9. The van der Waals surface area contributed by atoms with E-state index < -0.39 is 0 Å². The van der Waals surface area contributed by atoms with Crippen LogP contribution in [0, 0.1) is 17.8 Å². The first-order chi connectivity index (χ1) is 19.9. The molecule has 1 saturated carbocycles. The summed E-state index contributed by atoms with van der Waals surface area (Å²) in [6.07, 6.45) is 6.91.